The van der Waals surface area contributed by atoms with Gasteiger partial charge in [-0.05, 0) is 12.1 Å². The standard InChI is InChI=1S/C8H6FNO2S/c9-7-3-1-2-4-8(7)13(11,12)6-5-10/h1-4H,6H2. The zero-order valence-corrected chi connectivity index (χ0v) is 7.38. The molecule has 0 aromatic heterocycles. The summed E-state index contributed by atoms with van der Waals surface area (Å²) in [6, 6.07) is 6.47. The third-order valence-electron chi connectivity index (χ3n) is 1.43. The van der Waals surface area contributed by atoms with Crippen molar-refractivity contribution in [3.63, 3.8) is 0 Å². The molecule has 0 fully saturated rings. The highest BCUT2D eigenvalue weighted by Crippen LogP contribution is 2.14. The van der Waals surface area contributed by atoms with Gasteiger partial charge in [0.25, 0.3) is 0 Å². The topological polar surface area (TPSA) is 57.9 Å². The summed E-state index contributed by atoms with van der Waals surface area (Å²) in [5, 5.41) is 8.20. The van der Waals surface area contributed by atoms with Crippen LogP contribution in [0.15, 0.2) is 29.2 Å². The first-order chi connectivity index (χ1) is 6.08. The van der Waals surface area contributed by atoms with Crippen LogP contribution in [0.4, 0.5) is 4.39 Å². The Morgan fingerprint density at radius 1 is 1.38 bits per heavy atom. The van der Waals surface area contributed by atoms with Gasteiger partial charge in [0, 0.05) is 0 Å². The van der Waals surface area contributed by atoms with Gasteiger partial charge in [-0.2, -0.15) is 5.26 Å². The molecule has 1 aromatic carbocycles. The normalized spacial score (nSPS) is 10.8. The van der Waals surface area contributed by atoms with Crippen molar-refractivity contribution in [1.82, 2.24) is 0 Å². The van der Waals surface area contributed by atoms with E-state index in [1.807, 2.05) is 0 Å². The van der Waals surface area contributed by atoms with Gasteiger partial charge in [0.15, 0.2) is 9.84 Å². The summed E-state index contributed by atoms with van der Waals surface area (Å²) < 4.78 is 35.3. The maximum atomic E-state index is 12.9. The van der Waals surface area contributed by atoms with Crippen LogP contribution in [0, 0.1) is 17.1 Å². The van der Waals surface area contributed by atoms with Crippen molar-refractivity contribution in [3.8, 4) is 6.07 Å². The molecule has 3 nitrogen and oxygen atoms in total. The Balaban J connectivity index is 3.25. The summed E-state index contributed by atoms with van der Waals surface area (Å²) in [7, 11) is -3.78. The number of rotatable bonds is 2. The van der Waals surface area contributed by atoms with Crippen LogP contribution >= 0.6 is 0 Å². The minimum atomic E-state index is -3.78. The van der Waals surface area contributed by atoms with Crippen molar-refractivity contribution in [2.45, 2.75) is 4.90 Å². The second-order valence-corrected chi connectivity index (χ2v) is 4.31. The van der Waals surface area contributed by atoms with Crippen LogP contribution in [0.2, 0.25) is 0 Å². The second kappa shape index (κ2) is 3.54. The van der Waals surface area contributed by atoms with Gasteiger partial charge in [0.1, 0.15) is 16.5 Å². The quantitative estimate of drug-likeness (QED) is 0.717. The first-order valence-corrected chi connectivity index (χ1v) is 5.07. The van der Waals surface area contributed by atoms with E-state index in [-0.39, 0.29) is 0 Å². The lowest BCUT2D eigenvalue weighted by Crippen LogP contribution is -2.06. The molecule has 0 spiro atoms. The predicted octanol–water partition coefficient (Wildman–Crippen LogP) is 1.12. The third kappa shape index (κ3) is 2.04. The maximum absolute atomic E-state index is 12.9. The summed E-state index contributed by atoms with van der Waals surface area (Å²) in [5.74, 6) is -1.52. The van der Waals surface area contributed by atoms with Crippen molar-refractivity contribution in [1.29, 1.82) is 5.26 Å². The van der Waals surface area contributed by atoms with Crippen molar-refractivity contribution >= 4 is 9.84 Å². The molecule has 0 radical (unpaired) electrons. The lowest BCUT2D eigenvalue weighted by atomic mass is 10.3. The van der Waals surface area contributed by atoms with Gasteiger partial charge >= 0.3 is 0 Å². The van der Waals surface area contributed by atoms with Gasteiger partial charge in [-0.1, -0.05) is 12.1 Å². The largest absolute Gasteiger partial charge is 0.223 e. The van der Waals surface area contributed by atoms with Gasteiger partial charge in [-0.3, -0.25) is 0 Å². The van der Waals surface area contributed by atoms with Crippen LogP contribution in [0.5, 0.6) is 0 Å². The van der Waals surface area contributed by atoms with E-state index in [0.717, 1.165) is 12.1 Å². The highest BCUT2D eigenvalue weighted by molar-refractivity contribution is 7.91. The summed E-state index contributed by atoms with van der Waals surface area (Å²) in [6.45, 7) is 0. The number of nitrogens with zero attached hydrogens (tertiary/aromatic N) is 1. The fraction of sp³-hybridized carbons (Fsp3) is 0.125. The van der Waals surface area contributed by atoms with Crippen LogP contribution in [0.3, 0.4) is 0 Å². The fourth-order valence-electron chi connectivity index (χ4n) is 0.860. The summed E-state index contributed by atoms with van der Waals surface area (Å²) in [5.41, 5.74) is 0. The Morgan fingerprint density at radius 3 is 2.54 bits per heavy atom. The first kappa shape index (κ1) is 9.68. The van der Waals surface area contributed by atoms with Crippen molar-refractivity contribution < 1.29 is 12.8 Å². The first-order valence-electron chi connectivity index (χ1n) is 3.42. The Morgan fingerprint density at radius 2 is 2.00 bits per heavy atom. The van der Waals surface area contributed by atoms with Crippen molar-refractivity contribution in [2.24, 2.45) is 0 Å². The molecule has 13 heavy (non-hydrogen) atoms. The Hall–Kier alpha value is -1.41. The SMILES string of the molecule is N#CCS(=O)(=O)c1ccccc1F. The molecule has 0 amide bonds. The number of sulfone groups is 1. The fourth-order valence-corrected chi connectivity index (χ4v) is 1.84. The lowest BCUT2D eigenvalue weighted by molar-refractivity contribution is 0.569. The predicted molar refractivity (Wildman–Crippen MR) is 44.1 cm³/mol. The van der Waals surface area contributed by atoms with Crippen molar-refractivity contribution in [2.75, 3.05) is 5.75 Å². The van der Waals surface area contributed by atoms with Crippen LogP contribution < -0.4 is 0 Å². The molecule has 0 aliphatic rings. The van der Waals surface area contributed by atoms with Crippen LogP contribution in [-0.2, 0) is 9.84 Å². The molecule has 0 saturated heterocycles. The van der Waals surface area contributed by atoms with E-state index < -0.39 is 26.3 Å². The molecule has 1 rings (SSSR count). The number of nitriles is 1. The van der Waals surface area contributed by atoms with Crippen LogP contribution in [0.1, 0.15) is 0 Å². The van der Waals surface area contributed by atoms with Gasteiger partial charge in [0.2, 0.25) is 0 Å². The van der Waals surface area contributed by atoms with E-state index in [1.165, 1.54) is 18.2 Å². The highest BCUT2D eigenvalue weighted by atomic mass is 32.2. The van der Waals surface area contributed by atoms with Crippen LogP contribution in [-0.4, -0.2) is 14.2 Å². The molecule has 0 unspecified atom stereocenters. The summed E-state index contributed by atoms with van der Waals surface area (Å²) in [6.07, 6.45) is 0. The van der Waals surface area contributed by atoms with E-state index in [4.69, 9.17) is 5.26 Å². The average Bonchev–Trinajstić information content (AvgIpc) is 2.04. The zero-order valence-electron chi connectivity index (χ0n) is 6.57. The zero-order chi connectivity index (χ0) is 9.90. The molecule has 1 aromatic rings. The molecule has 0 bridgehead atoms. The molecule has 0 atom stereocenters. The lowest BCUT2D eigenvalue weighted by Gasteiger charge is -1.99. The molecule has 0 heterocycles. The van der Waals surface area contributed by atoms with E-state index >= 15 is 0 Å². The van der Waals surface area contributed by atoms with E-state index in [9.17, 15) is 12.8 Å². The Labute approximate surface area is 75.3 Å². The molecular weight excluding hydrogens is 193 g/mol. The molecule has 0 saturated carbocycles. The van der Waals surface area contributed by atoms with Crippen molar-refractivity contribution in [3.05, 3.63) is 30.1 Å². The number of halogens is 1. The van der Waals surface area contributed by atoms with E-state index in [0.29, 0.717) is 0 Å². The monoisotopic (exact) mass is 199 g/mol. The second-order valence-electron chi connectivity index (χ2n) is 2.35. The Kier molecular flexibility index (Phi) is 2.63. The van der Waals surface area contributed by atoms with Gasteiger partial charge in [0.05, 0.1) is 6.07 Å². The minimum Gasteiger partial charge on any atom is -0.223 e. The third-order valence-corrected chi connectivity index (χ3v) is 2.94. The highest BCUT2D eigenvalue weighted by Gasteiger charge is 2.17. The number of hydrogen-bond donors (Lipinski definition) is 0. The van der Waals surface area contributed by atoms with E-state index in [2.05, 4.69) is 0 Å². The van der Waals surface area contributed by atoms with Gasteiger partial charge < -0.3 is 0 Å². The van der Waals surface area contributed by atoms with Crippen LogP contribution in [0.25, 0.3) is 0 Å². The van der Waals surface area contributed by atoms with E-state index in [1.54, 1.807) is 0 Å². The summed E-state index contributed by atoms with van der Waals surface area (Å²) >= 11 is 0. The number of benzene rings is 1. The maximum Gasteiger partial charge on any atom is 0.194 e. The van der Waals surface area contributed by atoms with Gasteiger partial charge in [-0.15, -0.1) is 0 Å². The minimum absolute atomic E-state index is 0.420. The molecular formula is C8H6FNO2S. The Bertz CT molecular complexity index is 447. The number of hydrogen-bond acceptors (Lipinski definition) is 3. The van der Waals surface area contributed by atoms with Gasteiger partial charge in [-0.25, -0.2) is 12.8 Å². The summed E-state index contributed by atoms with van der Waals surface area (Å²) in [4.78, 5) is -0.420. The average molecular weight is 199 g/mol. The smallest absolute Gasteiger partial charge is 0.194 e. The molecule has 0 aliphatic carbocycles. The molecule has 5 heteroatoms. The molecule has 0 N–H and O–H groups in total. The molecule has 0 aliphatic heterocycles. The molecule has 68 valence electrons.